The molecule has 2 aromatic heterocycles. The first kappa shape index (κ1) is 11.9. The van der Waals surface area contributed by atoms with Crippen LogP contribution in [0.25, 0.3) is 10.6 Å². The number of benzene rings is 1. The fourth-order valence-electron chi connectivity index (χ4n) is 1.87. The molecule has 3 rings (SSSR count). The van der Waals surface area contributed by atoms with Gasteiger partial charge in [-0.3, -0.25) is 0 Å². The van der Waals surface area contributed by atoms with Crippen molar-refractivity contribution in [2.75, 3.05) is 5.73 Å². The molecule has 0 radical (unpaired) electrons. The Kier molecular flexibility index (Phi) is 3.05. The molecule has 1 aromatic carbocycles. The number of rotatable bonds is 3. The van der Waals surface area contributed by atoms with Gasteiger partial charge in [0.05, 0.1) is 11.4 Å². The number of hydrogen-bond acceptors (Lipinski definition) is 3. The van der Waals surface area contributed by atoms with Crippen molar-refractivity contribution in [3.8, 4) is 10.6 Å². The number of nitrogens with two attached hydrogens (primary N) is 1. The molecular formula is C14H12FN3S. The highest BCUT2D eigenvalue weighted by molar-refractivity contribution is 7.13. The summed E-state index contributed by atoms with van der Waals surface area (Å²) in [5.41, 5.74) is 7.79. The molecule has 0 amide bonds. The molecule has 3 aromatic rings. The van der Waals surface area contributed by atoms with Crippen molar-refractivity contribution in [2.24, 2.45) is 0 Å². The van der Waals surface area contributed by atoms with Crippen LogP contribution in [0.2, 0.25) is 0 Å². The average Bonchev–Trinajstić information content (AvgIpc) is 3.03. The van der Waals surface area contributed by atoms with E-state index in [1.807, 2.05) is 23.6 Å². The van der Waals surface area contributed by atoms with E-state index in [-0.39, 0.29) is 5.82 Å². The Morgan fingerprint density at radius 1 is 1.21 bits per heavy atom. The van der Waals surface area contributed by atoms with Crippen LogP contribution in [-0.2, 0) is 6.54 Å². The number of thiophene rings is 1. The van der Waals surface area contributed by atoms with Crippen LogP contribution in [0, 0.1) is 5.82 Å². The number of hydrogen-bond donors (Lipinski definition) is 1. The summed E-state index contributed by atoms with van der Waals surface area (Å²) in [5.74, 6) is 0.365. The average molecular weight is 273 g/mol. The van der Waals surface area contributed by atoms with Crippen LogP contribution in [0.15, 0.2) is 47.8 Å². The van der Waals surface area contributed by atoms with Crippen LogP contribution < -0.4 is 5.73 Å². The Balaban J connectivity index is 1.87. The van der Waals surface area contributed by atoms with Gasteiger partial charge in [0.25, 0.3) is 0 Å². The lowest BCUT2D eigenvalue weighted by molar-refractivity contribution is 0.625. The lowest BCUT2D eigenvalue weighted by atomic mass is 10.2. The molecule has 0 aliphatic carbocycles. The van der Waals surface area contributed by atoms with Crippen molar-refractivity contribution < 1.29 is 4.39 Å². The van der Waals surface area contributed by atoms with Gasteiger partial charge in [-0.05, 0) is 29.1 Å². The lowest BCUT2D eigenvalue weighted by Gasteiger charge is -2.03. The molecule has 0 aliphatic rings. The predicted molar refractivity (Wildman–Crippen MR) is 75.5 cm³/mol. The standard InChI is InChI=1S/C14H12FN3S/c15-11-5-3-10(4-6-11)9-18-14(16)8-12(17-18)13-2-1-7-19-13/h1-8H,9,16H2. The van der Waals surface area contributed by atoms with Crippen LogP contribution in [-0.4, -0.2) is 9.78 Å². The molecule has 0 unspecified atom stereocenters. The van der Waals surface area contributed by atoms with E-state index < -0.39 is 0 Å². The van der Waals surface area contributed by atoms with Crippen molar-refractivity contribution in [2.45, 2.75) is 6.54 Å². The molecular weight excluding hydrogens is 261 g/mol. The summed E-state index contributed by atoms with van der Waals surface area (Å²) in [5, 5.41) is 6.48. The van der Waals surface area contributed by atoms with E-state index in [2.05, 4.69) is 5.10 Å². The van der Waals surface area contributed by atoms with Crippen molar-refractivity contribution in [3.63, 3.8) is 0 Å². The lowest BCUT2D eigenvalue weighted by Crippen LogP contribution is -2.05. The first-order chi connectivity index (χ1) is 9.22. The molecule has 0 fully saturated rings. The largest absolute Gasteiger partial charge is 0.384 e. The van der Waals surface area contributed by atoms with Gasteiger partial charge >= 0.3 is 0 Å². The predicted octanol–water partition coefficient (Wildman–Crippen LogP) is 3.38. The summed E-state index contributed by atoms with van der Waals surface area (Å²) in [6.07, 6.45) is 0. The maximum Gasteiger partial charge on any atom is 0.123 e. The Morgan fingerprint density at radius 2 is 2.00 bits per heavy atom. The number of aromatic nitrogens is 2. The van der Waals surface area contributed by atoms with Gasteiger partial charge in [-0.25, -0.2) is 9.07 Å². The smallest absolute Gasteiger partial charge is 0.123 e. The summed E-state index contributed by atoms with van der Waals surface area (Å²) in [6, 6.07) is 12.2. The molecule has 0 spiro atoms. The normalized spacial score (nSPS) is 10.8. The van der Waals surface area contributed by atoms with E-state index in [9.17, 15) is 4.39 Å². The van der Waals surface area contributed by atoms with E-state index in [1.165, 1.54) is 12.1 Å². The second-order valence-corrected chi connectivity index (χ2v) is 5.16. The molecule has 2 heterocycles. The minimum Gasteiger partial charge on any atom is -0.384 e. The van der Waals surface area contributed by atoms with Gasteiger partial charge < -0.3 is 5.73 Å². The first-order valence-electron chi connectivity index (χ1n) is 5.84. The number of nitrogen functional groups attached to an aromatic ring is 1. The van der Waals surface area contributed by atoms with E-state index >= 15 is 0 Å². The number of halogens is 1. The molecule has 0 saturated carbocycles. The molecule has 19 heavy (non-hydrogen) atoms. The van der Waals surface area contributed by atoms with E-state index in [0.29, 0.717) is 12.4 Å². The summed E-state index contributed by atoms with van der Waals surface area (Å²) in [7, 11) is 0. The van der Waals surface area contributed by atoms with Gasteiger partial charge in [-0.2, -0.15) is 5.10 Å². The van der Waals surface area contributed by atoms with E-state index in [0.717, 1.165) is 16.1 Å². The minimum atomic E-state index is -0.239. The van der Waals surface area contributed by atoms with Gasteiger partial charge in [-0.15, -0.1) is 11.3 Å². The van der Waals surface area contributed by atoms with E-state index in [1.54, 1.807) is 28.2 Å². The van der Waals surface area contributed by atoms with Crippen molar-refractivity contribution in [1.29, 1.82) is 0 Å². The van der Waals surface area contributed by atoms with Crippen LogP contribution in [0.3, 0.4) is 0 Å². The molecule has 0 aliphatic heterocycles. The SMILES string of the molecule is Nc1cc(-c2cccs2)nn1Cc1ccc(F)cc1. The van der Waals surface area contributed by atoms with Gasteiger partial charge in [0, 0.05) is 6.07 Å². The molecule has 3 nitrogen and oxygen atoms in total. The van der Waals surface area contributed by atoms with Gasteiger partial charge in [0.2, 0.25) is 0 Å². The molecule has 5 heteroatoms. The Hall–Kier alpha value is -2.14. The zero-order valence-corrected chi connectivity index (χ0v) is 10.9. The van der Waals surface area contributed by atoms with Gasteiger partial charge in [-0.1, -0.05) is 18.2 Å². The van der Waals surface area contributed by atoms with Gasteiger partial charge in [0.1, 0.15) is 17.3 Å². The monoisotopic (exact) mass is 273 g/mol. The molecule has 0 saturated heterocycles. The van der Waals surface area contributed by atoms with Crippen molar-refractivity contribution >= 4 is 17.2 Å². The highest BCUT2D eigenvalue weighted by atomic mass is 32.1. The maximum atomic E-state index is 12.8. The van der Waals surface area contributed by atoms with Crippen molar-refractivity contribution in [3.05, 3.63) is 59.2 Å². The highest BCUT2D eigenvalue weighted by Gasteiger charge is 2.08. The van der Waals surface area contributed by atoms with Gasteiger partial charge in [0.15, 0.2) is 0 Å². The third kappa shape index (κ3) is 2.51. The first-order valence-corrected chi connectivity index (χ1v) is 6.72. The van der Waals surface area contributed by atoms with Crippen LogP contribution in [0.1, 0.15) is 5.56 Å². The second-order valence-electron chi connectivity index (χ2n) is 4.22. The van der Waals surface area contributed by atoms with Crippen LogP contribution >= 0.6 is 11.3 Å². The second kappa shape index (κ2) is 4.85. The molecule has 0 atom stereocenters. The summed E-state index contributed by atoms with van der Waals surface area (Å²) >= 11 is 1.63. The van der Waals surface area contributed by atoms with Crippen molar-refractivity contribution in [1.82, 2.24) is 9.78 Å². The van der Waals surface area contributed by atoms with Crippen LogP contribution in [0.4, 0.5) is 10.2 Å². The Morgan fingerprint density at radius 3 is 2.68 bits per heavy atom. The van der Waals surface area contributed by atoms with E-state index in [4.69, 9.17) is 5.73 Å². The summed E-state index contributed by atoms with van der Waals surface area (Å²) in [4.78, 5) is 1.09. The third-order valence-corrected chi connectivity index (χ3v) is 3.72. The number of anilines is 1. The Labute approximate surface area is 114 Å². The summed E-state index contributed by atoms with van der Waals surface area (Å²) in [6.45, 7) is 0.539. The topological polar surface area (TPSA) is 43.8 Å². The zero-order chi connectivity index (χ0) is 13.2. The highest BCUT2D eigenvalue weighted by Crippen LogP contribution is 2.25. The fourth-order valence-corrected chi connectivity index (χ4v) is 2.55. The Bertz CT molecular complexity index is 671. The third-order valence-electron chi connectivity index (χ3n) is 2.83. The number of nitrogens with zero attached hydrogens (tertiary/aromatic N) is 2. The fraction of sp³-hybridized carbons (Fsp3) is 0.0714. The molecule has 96 valence electrons. The quantitative estimate of drug-likeness (QED) is 0.795. The molecule has 0 bridgehead atoms. The maximum absolute atomic E-state index is 12.8. The zero-order valence-electron chi connectivity index (χ0n) is 10.1. The molecule has 2 N–H and O–H groups in total. The minimum absolute atomic E-state index is 0.239. The van der Waals surface area contributed by atoms with Crippen LogP contribution in [0.5, 0.6) is 0 Å². The summed E-state index contributed by atoms with van der Waals surface area (Å²) < 4.78 is 14.6.